The second kappa shape index (κ2) is 28.4. The Morgan fingerprint density at radius 2 is 1.44 bits per heavy atom. The van der Waals surface area contributed by atoms with E-state index in [9.17, 15) is 0 Å². The summed E-state index contributed by atoms with van der Waals surface area (Å²) < 4.78 is 0. The lowest BCUT2D eigenvalue weighted by Gasteiger charge is -2.06. The third-order valence-electron chi connectivity index (χ3n) is 6.37. The van der Waals surface area contributed by atoms with Gasteiger partial charge in [0.05, 0.1) is 0 Å². The third kappa shape index (κ3) is 26.8. The van der Waals surface area contributed by atoms with Crippen molar-refractivity contribution in [2.45, 2.75) is 119 Å². The Kier molecular flexibility index (Phi) is 28.1. The SMILES string of the molecule is C=CC.C=CCCC(=C)CCC/C(C)=C/CCC.CCC(C)Cc1ccccc1.CCCc1ccc(C)cc1. The van der Waals surface area contributed by atoms with Gasteiger partial charge in [0.2, 0.25) is 0 Å². The Morgan fingerprint density at radius 1 is 0.821 bits per heavy atom. The van der Waals surface area contributed by atoms with Crippen LogP contribution in [0.4, 0.5) is 0 Å². The number of benzene rings is 2. The molecule has 0 aliphatic heterocycles. The molecular weight excluding hydrogens is 468 g/mol. The van der Waals surface area contributed by atoms with Crippen molar-refractivity contribution in [3.63, 3.8) is 0 Å². The Hall–Kier alpha value is -2.60. The van der Waals surface area contributed by atoms with Crippen molar-refractivity contribution in [3.05, 3.63) is 120 Å². The fourth-order valence-corrected chi connectivity index (χ4v) is 3.75. The van der Waals surface area contributed by atoms with Crippen LogP contribution < -0.4 is 0 Å². The summed E-state index contributed by atoms with van der Waals surface area (Å²) in [5, 5.41) is 0. The predicted octanol–water partition coefficient (Wildman–Crippen LogP) is 12.8. The van der Waals surface area contributed by atoms with Crippen molar-refractivity contribution >= 4 is 0 Å². The molecule has 218 valence electrons. The van der Waals surface area contributed by atoms with E-state index in [1.54, 1.807) is 6.08 Å². The molecule has 0 nitrogen and oxygen atoms in total. The van der Waals surface area contributed by atoms with Gasteiger partial charge < -0.3 is 0 Å². The first-order chi connectivity index (χ1) is 18.8. The molecule has 1 unspecified atom stereocenters. The van der Waals surface area contributed by atoms with Crippen molar-refractivity contribution in [2.75, 3.05) is 0 Å². The zero-order chi connectivity index (χ0) is 29.7. The number of rotatable bonds is 14. The van der Waals surface area contributed by atoms with Gasteiger partial charge in [0.1, 0.15) is 0 Å². The Balaban J connectivity index is 0. The molecule has 0 aromatic heterocycles. The molecule has 0 radical (unpaired) electrons. The van der Waals surface area contributed by atoms with E-state index in [1.807, 2.05) is 13.0 Å². The predicted molar refractivity (Wildman–Crippen MR) is 182 cm³/mol. The van der Waals surface area contributed by atoms with Crippen molar-refractivity contribution in [3.8, 4) is 0 Å². The second-order valence-corrected chi connectivity index (χ2v) is 10.6. The van der Waals surface area contributed by atoms with Crippen LogP contribution in [0, 0.1) is 12.8 Å². The van der Waals surface area contributed by atoms with Crippen molar-refractivity contribution in [2.24, 2.45) is 5.92 Å². The van der Waals surface area contributed by atoms with Crippen LogP contribution in [-0.4, -0.2) is 0 Å². The molecule has 2 rings (SSSR count). The van der Waals surface area contributed by atoms with E-state index < -0.39 is 0 Å². The Morgan fingerprint density at radius 3 is 1.95 bits per heavy atom. The molecule has 39 heavy (non-hydrogen) atoms. The molecular formula is C39H62. The fraction of sp³-hybridized carbons (Fsp3) is 0.487. The largest absolute Gasteiger partial charge is 0.103 e. The summed E-state index contributed by atoms with van der Waals surface area (Å²) in [7, 11) is 0. The lowest BCUT2D eigenvalue weighted by Crippen LogP contribution is -1.96. The Labute approximate surface area is 245 Å². The highest BCUT2D eigenvalue weighted by atomic mass is 14.0. The number of allylic oxidation sites excluding steroid dienone is 5. The highest BCUT2D eigenvalue weighted by Crippen LogP contribution is 2.15. The molecule has 0 heteroatoms. The van der Waals surface area contributed by atoms with E-state index in [0.717, 1.165) is 18.8 Å². The molecule has 0 spiro atoms. The topological polar surface area (TPSA) is 0 Å². The molecule has 0 heterocycles. The number of unbranched alkanes of at least 4 members (excludes halogenated alkanes) is 1. The maximum absolute atomic E-state index is 4.08. The standard InChI is InChI=1S/C15H26.C11H16.C10H14.C3H6/c1-5-7-10-14(3)12-9-13-15(4)11-8-6-2;1-3-10(2)9-11-7-5-4-6-8-11;1-3-4-10-7-5-9(2)6-8-10;1-3-2/h5,11H,1,3,6-10,12-13H2,2,4H3;4-8,10H,3,9H2,1-2H3;5-8H,3-4H2,1-2H3;3H,1H2,2H3/b15-11+;;;. The molecule has 0 saturated heterocycles. The summed E-state index contributed by atoms with van der Waals surface area (Å²) in [6.07, 6.45) is 19.3. The van der Waals surface area contributed by atoms with Gasteiger partial charge in [-0.25, -0.2) is 0 Å². The summed E-state index contributed by atoms with van der Waals surface area (Å²) in [5.74, 6) is 0.817. The zero-order valence-corrected chi connectivity index (χ0v) is 26.9. The van der Waals surface area contributed by atoms with Crippen LogP contribution in [0.25, 0.3) is 0 Å². The molecule has 1 atom stereocenters. The van der Waals surface area contributed by atoms with Crippen LogP contribution >= 0.6 is 0 Å². The minimum atomic E-state index is 0.817. The first-order valence-electron chi connectivity index (χ1n) is 15.4. The van der Waals surface area contributed by atoms with Crippen LogP contribution in [0.15, 0.2) is 104 Å². The summed E-state index contributed by atoms with van der Waals surface area (Å²) in [6, 6.07) is 19.4. The number of aryl methyl sites for hydroxylation is 2. The van der Waals surface area contributed by atoms with E-state index in [-0.39, 0.29) is 0 Å². The van der Waals surface area contributed by atoms with Gasteiger partial charge in [-0.1, -0.05) is 143 Å². The second-order valence-electron chi connectivity index (χ2n) is 10.6. The fourth-order valence-electron chi connectivity index (χ4n) is 3.75. The van der Waals surface area contributed by atoms with E-state index >= 15 is 0 Å². The van der Waals surface area contributed by atoms with E-state index in [4.69, 9.17) is 0 Å². The highest BCUT2D eigenvalue weighted by molar-refractivity contribution is 5.21. The smallest absolute Gasteiger partial charge is 0.0253 e. The normalized spacial score (nSPS) is 10.9. The minimum absolute atomic E-state index is 0.817. The van der Waals surface area contributed by atoms with E-state index in [1.165, 1.54) is 85.6 Å². The summed E-state index contributed by atoms with van der Waals surface area (Å²) in [6.45, 7) is 26.4. The molecule has 0 N–H and O–H groups in total. The van der Waals surface area contributed by atoms with Crippen LogP contribution in [-0.2, 0) is 12.8 Å². The zero-order valence-electron chi connectivity index (χ0n) is 26.9. The quantitative estimate of drug-likeness (QED) is 0.213. The number of hydrogen-bond donors (Lipinski definition) is 0. The van der Waals surface area contributed by atoms with Crippen LogP contribution in [0.5, 0.6) is 0 Å². The van der Waals surface area contributed by atoms with Crippen molar-refractivity contribution in [1.29, 1.82) is 0 Å². The maximum Gasteiger partial charge on any atom is -0.0253 e. The van der Waals surface area contributed by atoms with Crippen LogP contribution in [0.1, 0.15) is 116 Å². The summed E-state index contributed by atoms with van der Waals surface area (Å²) >= 11 is 0. The molecule has 0 aliphatic rings. The molecule has 2 aromatic carbocycles. The molecule has 2 aromatic rings. The van der Waals surface area contributed by atoms with Crippen molar-refractivity contribution < 1.29 is 0 Å². The molecule has 0 saturated carbocycles. The van der Waals surface area contributed by atoms with Gasteiger partial charge in [-0.15, -0.1) is 13.2 Å². The van der Waals surface area contributed by atoms with Gasteiger partial charge in [0.15, 0.2) is 0 Å². The molecule has 0 amide bonds. The average Bonchev–Trinajstić information content (AvgIpc) is 2.94. The van der Waals surface area contributed by atoms with Gasteiger partial charge in [0.25, 0.3) is 0 Å². The highest BCUT2D eigenvalue weighted by Gasteiger charge is 1.99. The van der Waals surface area contributed by atoms with Gasteiger partial charge in [0, 0.05) is 0 Å². The molecule has 0 aliphatic carbocycles. The average molecular weight is 531 g/mol. The molecule has 0 bridgehead atoms. The molecule has 0 fully saturated rings. The van der Waals surface area contributed by atoms with Crippen LogP contribution in [0.3, 0.4) is 0 Å². The van der Waals surface area contributed by atoms with Gasteiger partial charge in [-0.3, -0.25) is 0 Å². The third-order valence-corrected chi connectivity index (χ3v) is 6.37. The minimum Gasteiger partial charge on any atom is -0.103 e. The van der Waals surface area contributed by atoms with Crippen molar-refractivity contribution in [1.82, 2.24) is 0 Å². The van der Waals surface area contributed by atoms with Gasteiger partial charge >= 0.3 is 0 Å². The Bertz CT molecular complexity index is 851. The monoisotopic (exact) mass is 530 g/mol. The van der Waals surface area contributed by atoms with E-state index in [2.05, 4.69) is 122 Å². The van der Waals surface area contributed by atoms with E-state index in [0.29, 0.717) is 0 Å². The van der Waals surface area contributed by atoms with Crippen LogP contribution in [0.2, 0.25) is 0 Å². The maximum atomic E-state index is 4.08. The lowest BCUT2D eigenvalue weighted by molar-refractivity contribution is 0.560. The lowest BCUT2D eigenvalue weighted by atomic mass is 9.99. The first-order valence-corrected chi connectivity index (χ1v) is 15.4. The summed E-state index contributed by atoms with van der Waals surface area (Å²) in [5.41, 5.74) is 7.17. The number of hydrogen-bond acceptors (Lipinski definition) is 0. The van der Waals surface area contributed by atoms with Gasteiger partial charge in [-0.2, -0.15) is 0 Å². The van der Waals surface area contributed by atoms with Gasteiger partial charge in [-0.05, 0) is 89.2 Å². The summed E-state index contributed by atoms with van der Waals surface area (Å²) in [4.78, 5) is 0. The first kappa shape index (κ1) is 38.5.